The van der Waals surface area contributed by atoms with Crippen LogP contribution >= 0.6 is 10.5 Å². The van der Waals surface area contributed by atoms with Crippen molar-refractivity contribution in [3.63, 3.8) is 0 Å². The normalized spacial score (nSPS) is 23.0. The van der Waals surface area contributed by atoms with E-state index in [0.29, 0.717) is 5.70 Å². The van der Waals surface area contributed by atoms with Crippen LogP contribution in [0, 0.1) is 0 Å². The fourth-order valence-corrected chi connectivity index (χ4v) is 2.41. The van der Waals surface area contributed by atoms with Crippen LogP contribution in [0.2, 0.25) is 0 Å². The number of nitrogens with one attached hydrogen (secondary N) is 1. The number of amides is 2. The second kappa shape index (κ2) is 3.59. The molecule has 5 nitrogen and oxygen atoms in total. The van der Waals surface area contributed by atoms with E-state index in [2.05, 4.69) is 15.3 Å². The summed E-state index contributed by atoms with van der Waals surface area (Å²) in [6.07, 6.45) is 5.08. The predicted molar refractivity (Wildman–Crippen MR) is 59.5 cm³/mol. The lowest BCUT2D eigenvalue weighted by Crippen LogP contribution is -2.27. The van der Waals surface area contributed by atoms with Crippen molar-refractivity contribution in [2.75, 3.05) is 0 Å². The molecule has 0 spiro atoms. The Morgan fingerprint density at radius 2 is 2.14 bits per heavy atom. The number of rotatable bonds is 1. The number of primary amides is 1. The molecule has 0 radical (unpaired) electrons. The van der Waals surface area contributed by atoms with Crippen LogP contribution in [-0.2, 0) is 0 Å². The molecular weight excluding hydrogens is 200 g/mol. The van der Waals surface area contributed by atoms with Gasteiger partial charge in [0.25, 0.3) is 0 Å². The minimum Gasteiger partial charge on any atom is -0.351 e. The minimum absolute atomic E-state index is 0.241. The summed E-state index contributed by atoms with van der Waals surface area (Å²) in [6.45, 7) is 0. The summed E-state index contributed by atoms with van der Waals surface area (Å²) in [7, 11) is -0.241. The van der Waals surface area contributed by atoms with Crippen molar-refractivity contribution < 1.29 is 4.79 Å². The summed E-state index contributed by atoms with van der Waals surface area (Å²) in [4.78, 5) is 18.7. The van der Waals surface area contributed by atoms with Crippen LogP contribution in [0.1, 0.15) is 0 Å². The first kappa shape index (κ1) is 8.89. The minimum atomic E-state index is -0.560. The number of carbonyl (C=O) groups excluding carboxylic acids is 1. The van der Waals surface area contributed by atoms with Gasteiger partial charge in [-0.2, -0.15) is 0 Å². The molecule has 6 heteroatoms. The molecule has 3 N–H and O–H groups in total. The van der Waals surface area contributed by atoms with Gasteiger partial charge in [-0.3, -0.25) is 0 Å². The van der Waals surface area contributed by atoms with E-state index in [1.54, 1.807) is 18.5 Å². The van der Waals surface area contributed by atoms with Crippen molar-refractivity contribution in [2.45, 2.75) is 0 Å². The molecule has 0 fully saturated rings. The van der Waals surface area contributed by atoms with Crippen molar-refractivity contribution in [3.05, 3.63) is 22.6 Å². The number of aliphatic imine (C=N–C) groups is 2. The van der Waals surface area contributed by atoms with E-state index < -0.39 is 6.03 Å². The van der Waals surface area contributed by atoms with Crippen molar-refractivity contribution in [2.24, 2.45) is 15.7 Å². The van der Waals surface area contributed by atoms with Crippen LogP contribution in [0.4, 0.5) is 4.79 Å². The molecule has 0 aromatic rings. The van der Waals surface area contributed by atoms with Gasteiger partial charge < -0.3 is 11.1 Å². The molecule has 72 valence electrons. The number of allylic oxidation sites excluding steroid dienone is 1. The van der Waals surface area contributed by atoms with Gasteiger partial charge in [-0.05, 0) is 16.9 Å². The Labute approximate surface area is 83.0 Å². The zero-order valence-corrected chi connectivity index (χ0v) is 7.99. The molecular formula is C8H8N4OS. The van der Waals surface area contributed by atoms with Crippen LogP contribution in [0.15, 0.2) is 32.6 Å². The summed E-state index contributed by atoms with van der Waals surface area (Å²) in [5.41, 5.74) is 5.68. The van der Waals surface area contributed by atoms with Gasteiger partial charge >= 0.3 is 6.03 Å². The van der Waals surface area contributed by atoms with E-state index in [1.165, 1.54) is 0 Å². The van der Waals surface area contributed by atoms with Crippen molar-refractivity contribution in [1.82, 2.24) is 5.32 Å². The van der Waals surface area contributed by atoms with Crippen LogP contribution in [-0.4, -0.2) is 23.6 Å². The van der Waals surface area contributed by atoms with Crippen molar-refractivity contribution in [1.29, 1.82) is 0 Å². The predicted octanol–water partition coefficient (Wildman–Crippen LogP) is 0.535. The van der Waals surface area contributed by atoms with E-state index in [-0.39, 0.29) is 10.5 Å². The van der Waals surface area contributed by atoms with Crippen LogP contribution in [0.5, 0.6) is 0 Å². The topological polar surface area (TPSA) is 79.8 Å². The van der Waals surface area contributed by atoms with Crippen molar-refractivity contribution >= 4 is 34.1 Å². The van der Waals surface area contributed by atoms with Crippen LogP contribution in [0.25, 0.3) is 0 Å². The molecule has 2 aliphatic rings. The van der Waals surface area contributed by atoms with Gasteiger partial charge in [0.2, 0.25) is 0 Å². The van der Waals surface area contributed by atoms with E-state index in [0.717, 1.165) is 5.11 Å². The molecule has 0 aliphatic carbocycles. The van der Waals surface area contributed by atoms with Gasteiger partial charge in [-0.15, -0.1) is 0 Å². The molecule has 0 aromatic carbocycles. The van der Waals surface area contributed by atoms with E-state index in [4.69, 9.17) is 5.73 Å². The second-order valence-corrected chi connectivity index (χ2v) is 4.19. The van der Waals surface area contributed by atoms with Crippen LogP contribution < -0.4 is 11.1 Å². The zero-order chi connectivity index (χ0) is 9.97. The highest BCUT2D eigenvalue weighted by molar-refractivity contribution is 8.21. The van der Waals surface area contributed by atoms with Gasteiger partial charge in [0.1, 0.15) is 0 Å². The molecule has 1 atom stereocenters. The fourth-order valence-electron chi connectivity index (χ4n) is 1.04. The Hall–Kier alpha value is -1.69. The maximum Gasteiger partial charge on any atom is 0.316 e. The number of urea groups is 1. The maximum atomic E-state index is 10.6. The number of nitrogens with zero attached hydrogens (tertiary/aromatic N) is 2. The highest BCUT2D eigenvalue weighted by Gasteiger charge is 2.07. The number of hydrogen-bond acceptors (Lipinski definition) is 1. The van der Waals surface area contributed by atoms with Gasteiger partial charge in [0.05, 0.1) is 0 Å². The molecule has 0 aromatic heterocycles. The van der Waals surface area contributed by atoms with E-state index in [9.17, 15) is 4.79 Å². The Morgan fingerprint density at radius 1 is 1.43 bits per heavy atom. The summed E-state index contributed by atoms with van der Waals surface area (Å²) < 4.78 is 0. The average molecular weight is 208 g/mol. The first-order valence-electron chi connectivity index (χ1n) is 3.88. The van der Waals surface area contributed by atoms with E-state index in [1.807, 2.05) is 10.8 Å². The van der Waals surface area contributed by atoms with E-state index >= 15 is 0 Å². The third-order valence-electron chi connectivity index (χ3n) is 1.56. The molecule has 0 saturated carbocycles. The Balaban J connectivity index is 2.21. The Kier molecular flexibility index (Phi) is 2.28. The molecule has 0 saturated heterocycles. The lowest BCUT2D eigenvalue weighted by molar-refractivity contribution is 0.251. The number of nitrogens with two attached hydrogens (primary N) is 1. The fraction of sp³-hybridized carbons (Fsp3) is 0. The van der Waals surface area contributed by atoms with Crippen LogP contribution in [0.3, 0.4) is 0 Å². The average Bonchev–Trinajstić information content (AvgIpc) is 2.69. The lowest BCUT2D eigenvalue weighted by Gasteiger charge is -1.97. The van der Waals surface area contributed by atoms with Gasteiger partial charge in [0, 0.05) is 18.1 Å². The van der Waals surface area contributed by atoms with Gasteiger partial charge in [-0.25, -0.2) is 14.8 Å². The molecule has 2 heterocycles. The molecule has 2 rings (SSSR count). The van der Waals surface area contributed by atoms with Gasteiger partial charge in [-0.1, -0.05) is 10.5 Å². The third-order valence-corrected chi connectivity index (χ3v) is 3.13. The first-order chi connectivity index (χ1) is 6.75. The summed E-state index contributed by atoms with van der Waals surface area (Å²) in [6, 6.07) is -0.560. The Morgan fingerprint density at radius 3 is 2.79 bits per heavy atom. The maximum absolute atomic E-state index is 10.6. The Bertz CT molecular complexity index is 417. The monoisotopic (exact) mass is 208 g/mol. The number of hydrogen-bond donors (Lipinski definition) is 2. The third kappa shape index (κ3) is 1.80. The number of carbonyl (C=O) groups is 1. The SMILES string of the molecule is NC(=O)NC1=CS(=C2N=CC=N2)C=C1. The van der Waals surface area contributed by atoms with Gasteiger partial charge in [0.15, 0.2) is 5.11 Å². The molecule has 2 amide bonds. The largest absolute Gasteiger partial charge is 0.351 e. The smallest absolute Gasteiger partial charge is 0.316 e. The highest BCUT2D eigenvalue weighted by Crippen LogP contribution is 2.28. The molecule has 1 unspecified atom stereocenters. The standard InChI is InChI=1S/C8H8N4OS/c9-7(13)12-6-1-4-14(5-6)8-10-2-3-11-8/h1-5H,(H3,9,12,13). The lowest BCUT2D eigenvalue weighted by atomic mass is 10.5. The first-order valence-corrected chi connectivity index (χ1v) is 5.23. The zero-order valence-electron chi connectivity index (χ0n) is 7.18. The molecule has 0 bridgehead atoms. The summed E-state index contributed by atoms with van der Waals surface area (Å²) in [5.74, 6) is 0. The highest BCUT2D eigenvalue weighted by atomic mass is 32.2. The molecule has 14 heavy (non-hydrogen) atoms. The quantitative estimate of drug-likeness (QED) is 0.606. The summed E-state index contributed by atoms with van der Waals surface area (Å²) in [5, 5.41) is 7.06. The van der Waals surface area contributed by atoms with Crippen molar-refractivity contribution in [3.8, 4) is 0 Å². The molecule has 2 aliphatic heterocycles. The second-order valence-electron chi connectivity index (χ2n) is 2.58. The summed E-state index contributed by atoms with van der Waals surface area (Å²) >= 11 is 0.